The predicted octanol–water partition coefficient (Wildman–Crippen LogP) is 4.47. The van der Waals surface area contributed by atoms with Crippen molar-refractivity contribution in [3.8, 4) is 11.3 Å². The molecule has 1 aliphatic carbocycles. The van der Waals surface area contributed by atoms with Gasteiger partial charge in [0.05, 0.1) is 5.39 Å². The minimum Gasteiger partial charge on any atom is -0.369 e. The molecule has 2 aliphatic rings. The van der Waals surface area contributed by atoms with Gasteiger partial charge in [-0.1, -0.05) is 42.5 Å². The maximum absolute atomic E-state index is 6.18. The Kier molecular flexibility index (Phi) is 8.02. The number of rotatable bonds is 9. The summed E-state index contributed by atoms with van der Waals surface area (Å²) in [4.78, 5) is 12.1. The average Bonchev–Trinajstić information content (AvgIpc) is 3.35. The predicted molar refractivity (Wildman–Crippen MR) is 159 cm³/mol. The zero-order chi connectivity index (χ0) is 26.4. The van der Waals surface area contributed by atoms with Crippen LogP contribution in [-0.2, 0) is 13.0 Å². The third-order valence-electron chi connectivity index (χ3n) is 8.20. The Labute approximate surface area is 231 Å². The molecule has 8 heteroatoms. The molecule has 0 bridgehead atoms. The molecule has 2 aromatic carbocycles. The Hall–Kier alpha value is -3.49. The van der Waals surface area contributed by atoms with E-state index in [2.05, 4.69) is 74.8 Å². The van der Waals surface area contributed by atoms with E-state index < -0.39 is 0 Å². The molecule has 1 aliphatic heterocycles. The molecule has 6 rings (SSSR count). The molecule has 4 N–H and O–H groups in total. The number of hydrogen-bond acceptors (Lipinski definition) is 7. The Morgan fingerprint density at radius 2 is 1.72 bits per heavy atom. The Balaban J connectivity index is 1.22. The number of nitrogens with one attached hydrogen (secondary N) is 2. The fourth-order valence-electron chi connectivity index (χ4n) is 5.89. The number of anilines is 2. The molecule has 4 aromatic rings. The number of hydrogen-bond donors (Lipinski definition) is 3. The molecule has 1 saturated heterocycles. The maximum atomic E-state index is 6.18. The van der Waals surface area contributed by atoms with Crippen LogP contribution in [0.1, 0.15) is 37.7 Å². The Morgan fingerprint density at radius 3 is 2.49 bits per heavy atom. The first kappa shape index (κ1) is 25.8. The van der Waals surface area contributed by atoms with Crippen LogP contribution < -0.4 is 21.3 Å². The van der Waals surface area contributed by atoms with Gasteiger partial charge in [-0.2, -0.15) is 10.1 Å². The van der Waals surface area contributed by atoms with Gasteiger partial charge in [-0.25, -0.2) is 9.67 Å². The van der Waals surface area contributed by atoms with Gasteiger partial charge < -0.3 is 21.3 Å². The zero-order valence-electron chi connectivity index (χ0n) is 22.7. The lowest BCUT2D eigenvalue weighted by molar-refractivity contribution is 0.288. The summed E-state index contributed by atoms with van der Waals surface area (Å²) < 4.78 is 2.12. The van der Waals surface area contributed by atoms with Gasteiger partial charge in [-0.3, -0.25) is 0 Å². The molecule has 0 radical (unpaired) electrons. The van der Waals surface area contributed by atoms with Crippen molar-refractivity contribution >= 4 is 22.7 Å². The molecular weight excluding hydrogens is 484 g/mol. The summed E-state index contributed by atoms with van der Waals surface area (Å²) in [6, 6.07) is 19.8. The normalized spacial score (nSPS) is 19.9. The summed E-state index contributed by atoms with van der Waals surface area (Å²) in [7, 11) is 0. The average molecular weight is 525 g/mol. The first-order chi connectivity index (χ1) is 19.2. The molecule has 1 saturated carbocycles. The number of nitrogens with zero attached hydrogens (tertiary/aromatic N) is 5. The molecule has 8 nitrogen and oxygen atoms in total. The first-order valence-corrected chi connectivity index (χ1v) is 14.6. The first-order valence-electron chi connectivity index (χ1n) is 14.6. The van der Waals surface area contributed by atoms with E-state index in [0.29, 0.717) is 17.9 Å². The molecule has 3 heterocycles. The minimum atomic E-state index is 0.342. The third-order valence-corrected chi connectivity index (χ3v) is 8.20. The fraction of sp³-hybridized carbons (Fsp3) is 0.452. The van der Waals surface area contributed by atoms with Gasteiger partial charge >= 0.3 is 0 Å². The Morgan fingerprint density at radius 1 is 0.949 bits per heavy atom. The van der Waals surface area contributed by atoms with Crippen LogP contribution in [0.2, 0.25) is 0 Å². The largest absolute Gasteiger partial charge is 0.369 e. The smallest absolute Gasteiger partial charge is 0.224 e. The van der Waals surface area contributed by atoms with Crippen molar-refractivity contribution in [2.24, 2.45) is 11.7 Å². The van der Waals surface area contributed by atoms with Crippen LogP contribution in [0.5, 0.6) is 0 Å². The number of aryl methyl sites for hydroxylation is 1. The van der Waals surface area contributed by atoms with Gasteiger partial charge in [0, 0.05) is 62.8 Å². The highest BCUT2D eigenvalue weighted by Gasteiger charge is 2.22. The molecule has 2 fully saturated rings. The van der Waals surface area contributed by atoms with Gasteiger partial charge in [0.2, 0.25) is 5.95 Å². The van der Waals surface area contributed by atoms with E-state index in [-0.39, 0.29) is 0 Å². The number of benzene rings is 2. The van der Waals surface area contributed by atoms with E-state index in [1.807, 2.05) is 6.20 Å². The summed E-state index contributed by atoms with van der Waals surface area (Å²) in [5, 5.41) is 13.0. The molecular formula is C31H40N8. The van der Waals surface area contributed by atoms with Gasteiger partial charge in [-0.05, 0) is 62.1 Å². The number of nitrogens with two attached hydrogens (primary N) is 1. The van der Waals surface area contributed by atoms with Gasteiger partial charge in [-0.15, -0.1) is 0 Å². The zero-order valence-corrected chi connectivity index (χ0v) is 22.7. The van der Waals surface area contributed by atoms with Gasteiger partial charge in [0.15, 0.2) is 5.65 Å². The summed E-state index contributed by atoms with van der Waals surface area (Å²) >= 11 is 0. The molecule has 39 heavy (non-hydrogen) atoms. The van der Waals surface area contributed by atoms with Crippen molar-refractivity contribution < 1.29 is 0 Å². The molecule has 0 atom stereocenters. The van der Waals surface area contributed by atoms with Crippen molar-refractivity contribution in [1.29, 1.82) is 0 Å². The van der Waals surface area contributed by atoms with Crippen molar-refractivity contribution in [1.82, 2.24) is 25.1 Å². The number of piperazine rings is 1. The minimum absolute atomic E-state index is 0.342. The lowest BCUT2D eigenvalue weighted by atomic mass is 9.86. The van der Waals surface area contributed by atoms with Crippen LogP contribution in [0.25, 0.3) is 22.3 Å². The monoisotopic (exact) mass is 524 g/mol. The van der Waals surface area contributed by atoms with Crippen LogP contribution >= 0.6 is 0 Å². The lowest BCUT2D eigenvalue weighted by Crippen LogP contribution is -2.43. The molecule has 0 unspecified atom stereocenters. The summed E-state index contributed by atoms with van der Waals surface area (Å²) in [6.07, 6.45) is 8.48. The highest BCUT2D eigenvalue weighted by Crippen LogP contribution is 2.31. The second-order valence-corrected chi connectivity index (χ2v) is 11.0. The topological polar surface area (TPSA) is 96.9 Å². The standard InChI is InChI=1S/C31H40N8/c32-26-12-8-24(9-13-26)22-39-30-28(21-35-31(36-30)34-16-4-7-23-5-2-1-3-6-23)29(37-39)25-10-14-27(15-11-25)38-19-17-33-18-20-38/h1-3,5-6,10-11,14-15,21,24,26,33H,4,7-9,12-13,16-20,22,32H2,(H,34,35,36). The van der Waals surface area contributed by atoms with Gasteiger partial charge in [0.1, 0.15) is 5.69 Å². The van der Waals surface area contributed by atoms with E-state index in [4.69, 9.17) is 20.8 Å². The van der Waals surface area contributed by atoms with E-state index in [1.54, 1.807) is 0 Å². The summed E-state index contributed by atoms with van der Waals surface area (Å²) in [6.45, 7) is 5.83. The quantitative estimate of drug-likeness (QED) is 0.278. The second kappa shape index (κ2) is 12.1. The van der Waals surface area contributed by atoms with E-state index in [0.717, 1.165) is 100 Å². The van der Waals surface area contributed by atoms with Crippen LogP contribution in [0.4, 0.5) is 11.6 Å². The van der Waals surface area contributed by atoms with Crippen LogP contribution in [0.15, 0.2) is 60.8 Å². The molecule has 0 spiro atoms. The van der Waals surface area contributed by atoms with E-state index in [9.17, 15) is 0 Å². The maximum Gasteiger partial charge on any atom is 0.224 e. The van der Waals surface area contributed by atoms with Crippen LogP contribution in [-0.4, -0.2) is 58.5 Å². The Bertz CT molecular complexity index is 1340. The second-order valence-electron chi connectivity index (χ2n) is 11.0. The van der Waals surface area contributed by atoms with E-state index in [1.165, 1.54) is 11.3 Å². The highest BCUT2D eigenvalue weighted by atomic mass is 15.3. The third kappa shape index (κ3) is 6.23. The van der Waals surface area contributed by atoms with Gasteiger partial charge in [0.25, 0.3) is 0 Å². The van der Waals surface area contributed by atoms with Crippen molar-refractivity contribution in [2.75, 3.05) is 42.9 Å². The SMILES string of the molecule is NC1CCC(Cn2nc(-c3ccc(N4CCNCC4)cc3)c3cnc(NCCCc4ccccc4)nc32)CC1. The number of aromatic nitrogens is 4. The lowest BCUT2D eigenvalue weighted by Gasteiger charge is -2.29. The van der Waals surface area contributed by atoms with Crippen LogP contribution in [0, 0.1) is 5.92 Å². The van der Waals surface area contributed by atoms with Crippen molar-refractivity contribution in [2.45, 2.75) is 51.1 Å². The fourth-order valence-corrected chi connectivity index (χ4v) is 5.89. The summed E-state index contributed by atoms with van der Waals surface area (Å²) in [5.41, 5.74) is 11.8. The van der Waals surface area contributed by atoms with E-state index >= 15 is 0 Å². The molecule has 2 aromatic heterocycles. The van der Waals surface area contributed by atoms with Crippen molar-refractivity contribution in [3.63, 3.8) is 0 Å². The highest BCUT2D eigenvalue weighted by molar-refractivity contribution is 5.91. The number of fused-ring (bicyclic) bond motifs is 1. The van der Waals surface area contributed by atoms with Crippen LogP contribution in [0.3, 0.4) is 0 Å². The molecule has 0 amide bonds. The summed E-state index contributed by atoms with van der Waals surface area (Å²) in [5.74, 6) is 1.25. The van der Waals surface area contributed by atoms with Crippen molar-refractivity contribution in [3.05, 3.63) is 66.4 Å². The molecule has 204 valence electrons.